The first kappa shape index (κ1) is 13.8. The van der Waals surface area contributed by atoms with E-state index in [-0.39, 0.29) is 6.04 Å². The maximum Gasteiger partial charge on any atom is 0.155 e. The van der Waals surface area contributed by atoms with Gasteiger partial charge in [0.15, 0.2) is 5.65 Å². The fourth-order valence-corrected chi connectivity index (χ4v) is 2.58. The van der Waals surface area contributed by atoms with Crippen LogP contribution in [0.4, 0.5) is 0 Å². The van der Waals surface area contributed by atoms with Gasteiger partial charge >= 0.3 is 0 Å². The van der Waals surface area contributed by atoms with Crippen LogP contribution in [0.2, 0.25) is 0 Å². The van der Waals surface area contributed by atoms with E-state index in [4.69, 9.17) is 0 Å². The summed E-state index contributed by atoms with van der Waals surface area (Å²) in [5, 5.41) is 8.05. The van der Waals surface area contributed by atoms with E-state index in [0.717, 1.165) is 23.6 Å². The molecule has 21 heavy (non-hydrogen) atoms. The summed E-state index contributed by atoms with van der Waals surface area (Å²) in [7, 11) is 0. The molecule has 0 aliphatic carbocycles. The SMILES string of the molecule is Cc1cc2ncc(C(C)NCc3ccccc3)c(C)n2n1. The second-order valence-electron chi connectivity index (χ2n) is 5.44. The number of hydrogen-bond donors (Lipinski definition) is 1. The summed E-state index contributed by atoms with van der Waals surface area (Å²) in [6.45, 7) is 7.09. The largest absolute Gasteiger partial charge is 0.306 e. The van der Waals surface area contributed by atoms with Crippen LogP contribution in [0.25, 0.3) is 5.65 Å². The van der Waals surface area contributed by atoms with Crippen molar-refractivity contribution in [3.8, 4) is 0 Å². The van der Waals surface area contributed by atoms with Crippen molar-refractivity contribution in [1.82, 2.24) is 19.9 Å². The summed E-state index contributed by atoms with van der Waals surface area (Å²) in [5.41, 5.74) is 5.50. The Morgan fingerprint density at radius 1 is 1.19 bits per heavy atom. The highest BCUT2D eigenvalue weighted by Crippen LogP contribution is 2.18. The predicted octanol–water partition coefficient (Wildman–Crippen LogP) is 3.20. The molecule has 1 N–H and O–H groups in total. The van der Waals surface area contributed by atoms with E-state index >= 15 is 0 Å². The molecule has 3 rings (SSSR count). The first-order valence-electron chi connectivity index (χ1n) is 7.24. The minimum Gasteiger partial charge on any atom is -0.306 e. The number of aryl methyl sites for hydroxylation is 2. The Labute approximate surface area is 124 Å². The van der Waals surface area contributed by atoms with Gasteiger partial charge in [-0.3, -0.25) is 0 Å². The molecule has 0 spiro atoms. The lowest BCUT2D eigenvalue weighted by Gasteiger charge is -2.16. The third-order valence-corrected chi connectivity index (χ3v) is 3.81. The Balaban J connectivity index is 1.81. The van der Waals surface area contributed by atoms with E-state index in [1.807, 2.05) is 29.8 Å². The third-order valence-electron chi connectivity index (χ3n) is 3.81. The van der Waals surface area contributed by atoms with E-state index < -0.39 is 0 Å². The van der Waals surface area contributed by atoms with Gasteiger partial charge in [-0.25, -0.2) is 9.50 Å². The molecule has 3 aromatic rings. The molecule has 1 unspecified atom stereocenters. The van der Waals surface area contributed by atoms with Crippen LogP contribution >= 0.6 is 0 Å². The average Bonchev–Trinajstić information content (AvgIpc) is 2.88. The fourth-order valence-electron chi connectivity index (χ4n) is 2.58. The lowest BCUT2D eigenvalue weighted by molar-refractivity contribution is 0.565. The monoisotopic (exact) mass is 280 g/mol. The maximum absolute atomic E-state index is 4.50. The molecule has 0 radical (unpaired) electrons. The van der Waals surface area contributed by atoms with Crippen molar-refractivity contribution in [3.63, 3.8) is 0 Å². The van der Waals surface area contributed by atoms with Crippen LogP contribution in [-0.4, -0.2) is 14.6 Å². The molecule has 0 fully saturated rings. The summed E-state index contributed by atoms with van der Waals surface area (Å²) in [5.74, 6) is 0. The minimum atomic E-state index is 0.228. The number of fused-ring (bicyclic) bond motifs is 1. The van der Waals surface area contributed by atoms with Gasteiger partial charge in [-0.1, -0.05) is 30.3 Å². The van der Waals surface area contributed by atoms with E-state index in [9.17, 15) is 0 Å². The first-order valence-corrected chi connectivity index (χ1v) is 7.24. The average molecular weight is 280 g/mol. The Hall–Kier alpha value is -2.20. The Morgan fingerprint density at radius 3 is 2.71 bits per heavy atom. The number of nitrogens with zero attached hydrogens (tertiary/aromatic N) is 3. The smallest absolute Gasteiger partial charge is 0.155 e. The van der Waals surface area contributed by atoms with Crippen molar-refractivity contribution in [2.45, 2.75) is 33.4 Å². The standard InChI is InChI=1S/C17H20N4/c1-12-9-17-19-11-16(14(3)21(17)20-12)13(2)18-10-15-7-5-4-6-8-15/h4-9,11,13,18H,10H2,1-3H3. The molecule has 2 heterocycles. The zero-order chi connectivity index (χ0) is 14.8. The van der Waals surface area contributed by atoms with Crippen LogP contribution in [-0.2, 0) is 6.54 Å². The lowest BCUT2D eigenvalue weighted by atomic mass is 10.1. The van der Waals surface area contributed by atoms with Crippen LogP contribution in [0.3, 0.4) is 0 Å². The number of rotatable bonds is 4. The van der Waals surface area contributed by atoms with Crippen molar-refractivity contribution in [2.24, 2.45) is 0 Å². The third kappa shape index (κ3) is 2.81. The van der Waals surface area contributed by atoms with Gasteiger partial charge in [0.25, 0.3) is 0 Å². The second kappa shape index (κ2) is 5.66. The topological polar surface area (TPSA) is 42.2 Å². The van der Waals surface area contributed by atoms with Crippen LogP contribution < -0.4 is 5.32 Å². The molecular weight excluding hydrogens is 260 g/mol. The van der Waals surface area contributed by atoms with Crippen LogP contribution in [0.5, 0.6) is 0 Å². The Kier molecular flexibility index (Phi) is 3.71. The Bertz CT molecular complexity index is 746. The van der Waals surface area contributed by atoms with E-state index in [2.05, 4.69) is 53.5 Å². The highest BCUT2D eigenvalue weighted by atomic mass is 15.3. The molecule has 0 saturated heterocycles. The first-order chi connectivity index (χ1) is 10.1. The highest BCUT2D eigenvalue weighted by molar-refractivity contribution is 5.42. The van der Waals surface area contributed by atoms with Crippen LogP contribution in [0, 0.1) is 13.8 Å². The zero-order valence-electron chi connectivity index (χ0n) is 12.7. The van der Waals surface area contributed by atoms with Gasteiger partial charge in [-0.05, 0) is 26.3 Å². The van der Waals surface area contributed by atoms with Crippen LogP contribution in [0.15, 0.2) is 42.6 Å². The van der Waals surface area contributed by atoms with Gasteiger partial charge < -0.3 is 5.32 Å². The van der Waals surface area contributed by atoms with Gasteiger partial charge in [0.2, 0.25) is 0 Å². The summed E-state index contributed by atoms with van der Waals surface area (Å²) in [6.07, 6.45) is 1.95. The molecule has 4 heteroatoms. The number of nitrogens with one attached hydrogen (secondary N) is 1. The molecule has 0 aliphatic heterocycles. The minimum absolute atomic E-state index is 0.228. The van der Waals surface area contributed by atoms with Gasteiger partial charge in [0.1, 0.15) is 0 Å². The summed E-state index contributed by atoms with van der Waals surface area (Å²) < 4.78 is 1.92. The van der Waals surface area contributed by atoms with Crippen molar-refractivity contribution < 1.29 is 0 Å². The van der Waals surface area contributed by atoms with Crippen molar-refractivity contribution in [2.75, 3.05) is 0 Å². The van der Waals surface area contributed by atoms with Gasteiger partial charge in [0, 0.05) is 36.1 Å². The molecule has 0 bridgehead atoms. The zero-order valence-corrected chi connectivity index (χ0v) is 12.7. The summed E-state index contributed by atoms with van der Waals surface area (Å²) in [4.78, 5) is 4.50. The molecule has 1 aromatic carbocycles. The van der Waals surface area contributed by atoms with Crippen molar-refractivity contribution in [3.05, 3.63) is 65.1 Å². The quantitative estimate of drug-likeness (QED) is 0.798. The lowest BCUT2D eigenvalue weighted by Crippen LogP contribution is -2.20. The normalized spacial score (nSPS) is 12.7. The summed E-state index contributed by atoms with van der Waals surface area (Å²) in [6, 6.07) is 12.6. The molecular formula is C17H20N4. The number of aromatic nitrogens is 3. The van der Waals surface area contributed by atoms with Gasteiger partial charge in [-0.15, -0.1) is 0 Å². The highest BCUT2D eigenvalue weighted by Gasteiger charge is 2.12. The molecule has 2 aromatic heterocycles. The Morgan fingerprint density at radius 2 is 1.95 bits per heavy atom. The molecule has 0 aliphatic rings. The number of hydrogen-bond acceptors (Lipinski definition) is 3. The van der Waals surface area contributed by atoms with Crippen molar-refractivity contribution >= 4 is 5.65 Å². The molecule has 0 saturated carbocycles. The van der Waals surface area contributed by atoms with E-state index in [1.165, 1.54) is 11.1 Å². The molecule has 1 atom stereocenters. The predicted molar refractivity (Wildman–Crippen MR) is 84.2 cm³/mol. The second-order valence-corrected chi connectivity index (χ2v) is 5.44. The molecule has 4 nitrogen and oxygen atoms in total. The van der Waals surface area contributed by atoms with Crippen molar-refractivity contribution in [1.29, 1.82) is 0 Å². The maximum atomic E-state index is 4.50. The molecule has 108 valence electrons. The van der Waals surface area contributed by atoms with E-state index in [1.54, 1.807) is 0 Å². The van der Waals surface area contributed by atoms with E-state index in [0.29, 0.717) is 0 Å². The number of benzene rings is 1. The summed E-state index contributed by atoms with van der Waals surface area (Å²) >= 11 is 0. The van der Waals surface area contributed by atoms with Gasteiger partial charge in [-0.2, -0.15) is 5.10 Å². The van der Waals surface area contributed by atoms with Gasteiger partial charge in [0.05, 0.1) is 5.69 Å². The molecule has 0 amide bonds. The van der Waals surface area contributed by atoms with Crippen LogP contribution in [0.1, 0.15) is 35.5 Å². The fraction of sp³-hybridized carbons (Fsp3) is 0.294.